The second-order valence-electron chi connectivity index (χ2n) is 9.73. The molecular weight excluding hydrogens is 518 g/mol. The van der Waals surface area contributed by atoms with Crippen LogP contribution in [0.25, 0.3) is 10.9 Å². The van der Waals surface area contributed by atoms with Gasteiger partial charge in [0, 0.05) is 35.7 Å². The minimum atomic E-state index is -1.21. The van der Waals surface area contributed by atoms with Gasteiger partial charge in [-0.1, -0.05) is 62.4 Å². The average Bonchev–Trinajstić information content (AvgIpc) is 3.33. The topological polar surface area (TPSA) is 166 Å². The van der Waals surface area contributed by atoms with E-state index in [1.54, 1.807) is 44.3 Å². The number of carboxylic acids is 1. The largest absolute Gasteiger partial charge is 0.480 e. The van der Waals surface area contributed by atoms with Crippen LogP contribution in [0.5, 0.6) is 0 Å². The van der Waals surface area contributed by atoms with Crippen molar-refractivity contribution in [2.24, 2.45) is 11.7 Å². The number of aromatic amines is 1. The van der Waals surface area contributed by atoms with E-state index in [0.29, 0.717) is 0 Å². The van der Waals surface area contributed by atoms with Crippen LogP contribution in [0.15, 0.2) is 60.8 Å². The number of nitrogens with one attached hydrogen (secondary N) is 4. The van der Waals surface area contributed by atoms with Crippen LogP contribution in [0, 0.1) is 5.92 Å². The highest BCUT2D eigenvalue weighted by Crippen LogP contribution is 2.19. The van der Waals surface area contributed by atoms with Crippen LogP contribution < -0.4 is 21.7 Å². The van der Waals surface area contributed by atoms with E-state index < -0.39 is 47.9 Å². The van der Waals surface area contributed by atoms with Crippen molar-refractivity contribution in [3.05, 3.63) is 71.9 Å². The molecule has 0 bridgehead atoms. The molecule has 4 unspecified atom stereocenters. The van der Waals surface area contributed by atoms with Crippen LogP contribution in [0.3, 0.4) is 0 Å². The molecule has 0 aliphatic rings. The third-order valence-electron chi connectivity index (χ3n) is 6.47. The van der Waals surface area contributed by atoms with Gasteiger partial charge in [-0.05, 0) is 23.1 Å². The van der Waals surface area contributed by atoms with Crippen LogP contribution >= 0.6 is 12.6 Å². The Balaban J connectivity index is 1.76. The number of carbonyl (C=O) groups excluding carboxylic acids is 3. The van der Waals surface area contributed by atoms with E-state index in [4.69, 9.17) is 5.73 Å². The normalized spacial score (nSPS) is 14.3. The predicted molar refractivity (Wildman–Crippen MR) is 152 cm³/mol. The van der Waals surface area contributed by atoms with Gasteiger partial charge in [0.15, 0.2) is 0 Å². The van der Waals surface area contributed by atoms with Crippen molar-refractivity contribution in [3.8, 4) is 0 Å². The number of hydrogen-bond acceptors (Lipinski definition) is 6. The fraction of sp³-hybridized carbons (Fsp3) is 0.357. The van der Waals surface area contributed by atoms with Crippen LogP contribution in [-0.2, 0) is 32.0 Å². The number of aliphatic carboxylic acids is 1. The third kappa shape index (κ3) is 8.08. The van der Waals surface area contributed by atoms with Crippen LogP contribution in [0.2, 0.25) is 0 Å². The molecule has 10 nitrogen and oxygen atoms in total. The molecule has 0 fully saturated rings. The maximum absolute atomic E-state index is 13.4. The lowest BCUT2D eigenvalue weighted by Gasteiger charge is -2.25. The second-order valence-corrected chi connectivity index (χ2v) is 10.1. The maximum Gasteiger partial charge on any atom is 0.326 e. The van der Waals surface area contributed by atoms with Gasteiger partial charge in [0.05, 0.1) is 6.04 Å². The number of carbonyl (C=O) groups is 4. The molecule has 1 aromatic heterocycles. The molecule has 39 heavy (non-hydrogen) atoms. The Hall–Kier alpha value is -3.83. The van der Waals surface area contributed by atoms with Crippen molar-refractivity contribution in [2.75, 3.05) is 5.75 Å². The summed E-state index contributed by atoms with van der Waals surface area (Å²) < 4.78 is 0. The van der Waals surface area contributed by atoms with Crippen molar-refractivity contribution in [1.29, 1.82) is 0 Å². The highest BCUT2D eigenvalue weighted by atomic mass is 32.1. The molecule has 2 aromatic carbocycles. The van der Waals surface area contributed by atoms with Crippen molar-refractivity contribution >= 4 is 47.2 Å². The number of hydrogen-bond donors (Lipinski definition) is 7. The number of aromatic nitrogens is 1. The van der Waals surface area contributed by atoms with Gasteiger partial charge in [0.2, 0.25) is 17.7 Å². The quantitative estimate of drug-likeness (QED) is 0.158. The number of amides is 3. The molecule has 1 heterocycles. The summed E-state index contributed by atoms with van der Waals surface area (Å²) in [5.74, 6) is -3.26. The molecule has 0 aliphatic carbocycles. The van der Waals surface area contributed by atoms with E-state index in [1.807, 2.05) is 30.3 Å². The number of rotatable bonds is 13. The number of nitrogens with two attached hydrogens (primary N) is 1. The zero-order chi connectivity index (χ0) is 28.5. The van der Waals surface area contributed by atoms with E-state index in [0.717, 1.165) is 22.0 Å². The molecule has 0 saturated heterocycles. The van der Waals surface area contributed by atoms with E-state index in [9.17, 15) is 24.3 Å². The summed E-state index contributed by atoms with van der Waals surface area (Å²) in [7, 11) is 0. The molecule has 0 aliphatic heterocycles. The lowest BCUT2D eigenvalue weighted by Crippen LogP contribution is -2.58. The summed E-state index contributed by atoms with van der Waals surface area (Å²) in [5.41, 5.74) is 8.42. The molecule has 0 saturated carbocycles. The fourth-order valence-electron chi connectivity index (χ4n) is 4.09. The summed E-state index contributed by atoms with van der Waals surface area (Å²) in [5, 5.41) is 18.4. The third-order valence-corrected chi connectivity index (χ3v) is 6.83. The van der Waals surface area contributed by atoms with Crippen LogP contribution in [0.4, 0.5) is 0 Å². The number of fused-ring (bicyclic) bond motifs is 1. The lowest BCUT2D eigenvalue weighted by molar-refractivity contribution is -0.142. The monoisotopic (exact) mass is 553 g/mol. The van der Waals surface area contributed by atoms with Gasteiger partial charge in [0.25, 0.3) is 0 Å². The fourth-order valence-corrected chi connectivity index (χ4v) is 4.35. The van der Waals surface area contributed by atoms with E-state index >= 15 is 0 Å². The summed E-state index contributed by atoms with van der Waals surface area (Å²) in [6.07, 6.45) is 1.98. The van der Waals surface area contributed by atoms with Gasteiger partial charge in [-0.2, -0.15) is 12.6 Å². The Bertz CT molecular complexity index is 1300. The van der Waals surface area contributed by atoms with Crippen molar-refractivity contribution in [1.82, 2.24) is 20.9 Å². The smallest absolute Gasteiger partial charge is 0.326 e. The Kier molecular flexibility index (Phi) is 10.5. The zero-order valence-electron chi connectivity index (χ0n) is 21.9. The van der Waals surface area contributed by atoms with Crippen molar-refractivity contribution in [3.63, 3.8) is 0 Å². The van der Waals surface area contributed by atoms with E-state index in [-0.39, 0.29) is 24.5 Å². The number of thiol groups is 1. The Morgan fingerprint density at radius 2 is 1.44 bits per heavy atom. The standard InChI is InChI=1S/C28H35N5O5S/c1-16(2)24(29)27(36)31-21(13-18-14-30-20-11-7-6-10-19(18)20)25(34)33-23(15-39)26(35)32-22(28(37)38)12-17-8-4-3-5-9-17/h3-11,14,16,21-24,30,39H,12-13,15,29H2,1-2H3,(H,31,36)(H,32,35)(H,33,34)(H,37,38). The highest BCUT2D eigenvalue weighted by molar-refractivity contribution is 7.80. The summed E-state index contributed by atoms with van der Waals surface area (Å²) in [6.45, 7) is 3.60. The molecular formula is C28H35N5O5S. The zero-order valence-corrected chi connectivity index (χ0v) is 22.8. The molecule has 0 radical (unpaired) electrons. The molecule has 3 amide bonds. The Labute approximate surface area is 232 Å². The number of carboxylic acid groups (broad SMARTS) is 1. The van der Waals surface area contributed by atoms with Gasteiger partial charge in [-0.15, -0.1) is 0 Å². The first-order valence-corrected chi connectivity index (χ1v) is 13.3. The van der Waals surface area contributed by atoms with Crippen LogP contribution in [0.1, 0.15) is 25.0 Å². The van der Waals surface area contributed by atoms with Gasteiger partial charge < -0.3 is 31.8 Å². The van der Waals surface area contributed by atoms with Crippen molar-refractivity contribution in [2.45, 2.75) is 50.9 Å². The molecule has 7 N–H and O–H groups in total. The maximum atomic E-state index is 13.4. The summed E-state index contributed by atoms with van der Waals surface area (Å²) in [6, 6.07) is 12.2. The Morgan fingerprint density at radius 3 is 2.08 bits per heavy atom. The Morgan fingerprint density at radius 1 is 0.846 bits per heavy atom. The number of H-pyrrole nitrogens is 1. The van der Waals surface area contributed by atoms with Gasteiger partial charge in [0.1, 0.15) is 18.1 Å². The average molecular weight is 554 g/mol. The molecule has 208 valence electrons. The number of benzene rings is 2. The second kappa shape index (κ2) is 13.8. The lowest BCUT2D eigenvalue weighted by atomic mass is 10.0. The molecule has 4 atom stereocenters. The van der Waals surface area contributed by atoms with Gasteiger partial charge in [-0.3, -0.25) is 14.4 Å². The SMILES string of the molecule is CC(C)C(N)C(=O)NC(Cc1c[nH]c2ccccc12)C(=O)NC(CS)C(=O)NC(Cc1ccccc1)C(=O)O. The first kappa shape index (κ1) is 29.7. The van der Waals surface area contributed by atoms with E-state index in [2.05, 4.69) is 33.6 Å². The van der Waals surface area contributed by atoms with Crippen molar-refractivity contribution < 1.29 is 24.3 Å². The molecule has 3 aromatic rings. The number of para-hydroxylation sites is 1. The molecule has 3 rings (SSSR count). The van der Waals surface area contributed by atoms with Crippen LogP contribution in [-0.4, -0.2) is 63.7 Å². The minimum absolute atomic E-state index is 0.0709. The first-order valence-electron chi connectivity index (χ1n) is 12.7. The molecule has 11 heteroatoms. The first-order chi connectivity index (χ1) is 18.6. The molecule has 0 spiro atoms. The predicted octanol–water partition coefficient (Wildman–Crippen LogP) is 1.41. The highest BCUT2D eigenvalue weighted by Gasteiger charge is 2.31. The van der Waals surface area contributed by atoms with E-state index in [1.165, 1.54) is 0 Å². The van der Waals surface area contributed by atoms with Gasteiger partial charge >= 0.3 is 5.97 Å². The minimum Gasteiger partial charge on any atom is -0.480 e. The van der Waals surface area contributed by atoms with Gasteiger partial charge in [-0.25, -0.2) is 4.79 Å². The summed E-state index contributed by atoms with van der Waals surface area (Å²) >= 11 is 4.20. The summed E-state index contributed by atoms with van der Waals surface area (Å²) in [4.78, 5) is 54.2.